The lowest BCUT2D eigenvalue weighted by atomic mass is 10.2. The predicted octanol–water partition coefficient (Wildman–Crippen LogP) is 1.93. The lowest BCUT2D eigenvalue weighted by molar-refractivity contribution is 0.590. The summed E-state index contributed by atoms with van der Waals surface area (Å²) in [6, 6.07) is 7.31. The molecule has 0 aliphatic heterocycles. The summed E-state index contributed by atoms with van der Waals surface area (Å²) >= 11 is 0. The molecule has 0 aliphatic carbocycles. The Hall–Kier alpha value is -2.63. The zero-order valence-electron chi connectivity index (χ0n) is 11.8. The minimum absolute atomic E-state index is 0.120. The van der Waals surface area contributed by atoms with Crippen LogP contribution in [-0.4, -0.2) is 26.3 Å². The van der Waals surface area contributed by atoms with Gasteiger partial charge in [-0.15, -0.1) is 0 Å². The smallest absolute Gasteiger partial charge is 0.260 e. The lowest BCUT2D eigenvalue weighted by Crippen LogP contribution is -2.15. The number of benzene rings is 1. The summed E-state index contributed by atoms with van der Waals surface area (Å²) in [6.07, 6.45) is 4.75. The molecule has 6 nitrogen and oxygen atoms in total. The summed E-state index contributed by atoms with van der Waals surface area (Å²) in [5.74, 6) is 0.510. The summed E-state index contributed by atoms with van der Waals surface area (Å²) in [5.41, 5.74) is 1.74. The van der Waals surface area contributed by atoms with Gasteiger partial charge in [-0.05, 0) is 31.0 Å². The molecule has 0 aliphatic rings. The summed E-state index contributed by atoms with van der Waals surface area (Å²) in [7, 11) is 0. The van der Waals surface area contributed by atoms with Crippen LogP contribution in [0.15, 0.2) is 41.5 Å². The lowest BCUT2D eigenvalue weighted by Gasteiger charge is -2.06. The third-order valence-corrected chi connectivity index (χ3v) is 3.23. The quantitative estimate of drug-likeness (QED) is 0.702. The highest BCUT2D eigenvalue weighted by Gasteiger charge is 2.02. The first kappa shape index (κ1) is 13.4. The minimum atomic E-state index is -0.120. The number of aromatic amines is 1. The second-order valence-electron chi connectivity index (χ2n) is 4.99. The summed E-state index contributed by atoms with van der Waals surface area (Å²) in [4.78, 5) is 19.1. The highest BCUT2D eigenvalue weighted by atomic mass is 16.1. The van der Waals surface area contributed by atoms with Crippen molar-refractivity contribution in [2.24, 2.45) is 0 Å². The topological polar surface area (TPSA) is 75.6 Å². The van der Waals surface area contributed by atoms with Crippen LogP contribution in [0.25, 0.3) is 10.9 Å². The molecular formula is C15H17N5O. The molecule has 3 aromatic rings. The Morgan fingerprint density at radius 3 is 3.00 bits per heavy atom. The number of fused-ring (bicyclic) bond motifs is 1. The van der Waals surface area contributed by atoms with Crippen molar-refractivity contribution in [3.63, 3.8) is 0 Å². The molecule has 2 aromatic heterocycles. The summed E-state index contributed by atoms with van der Waals surface area (Å²) < 4.78 is 1.91. The van der Waals surface area contributed by atoms with Crippen LogP contribution in [0, 0.1) is 6.92 Å². The van der Waals surface area contributed by atoms with E-state index in [9.17, 15) is 4.79 Å². The number of rotatable bonds is 5. The molecule has 0 spiro atoms. The average Bonchev–Trinajstić information content (AvgIpc) is 2.89. The van der Waals surface area contributed by atoms with Gasteiger partial charge in [-0.1, -0.05) is 12.1 Å². The third kappa shape index (κ3) is 3.10. The number of para-hydroxylation sites is 1. The molecule has 108 valence electrons. The SMILES string of the molecule is Cc1cnn(CCCNc2nc3ccccc3c(=O)[nH]2)c1. The Morgan fingerprint density at radius 1 is 1.33 bits per heavy atom. The van der Waals surface area contributed by atoms with Crippen LogP contribution in [0.3, 0.4) is 0 Å². The monoisotopic (exact) mass is 283 g/mol. The third-order valence-electron chi connectivity index (χ3n) is 3.23. The Kier molecular flexibility index (Phi) is 3.68. The van der Waals surface area contributed by atoms with Gasteiger partial charge in [-0.25, -0.2) is 4.98 Å². The fourth-order valence-corrected chi connectivity index (χ4v) is 2.21. The maximum Gasteiger partial charge on any atom is 0.260 e. The van der Waals surface area contributed by atoms with E-state index in [0.717, 1.165) is 25.1 Å². The highest BCUT2D eigenvalue weighted by Crippen LogP contribution is 2.07. The van der Waals surface area contributed by atoms with Crippen molar-refractivity contribution in [3.05, 3.63) is 52.6 Å². The van der Waals surface area contributed by atoms with Gasteiger partial charge >= 0.3 is 0 Å². The molecule has 0 saturated carbocycles. The van der Waals surface area contributed by atoms with Gasteiger partial charge < -0.3 is 5.32 Å². The number of aryl methyl sites for hydroxylation is 2. The number of nitrogens with one attached hydrogen (secondary N) is 2. The van der Waals surface area contributed by atoms with Crippen LogP contribution in [-0.2, 0) is 6.54 Å². The first-order valence-corrected chi connectivity index (χ1v) is 6.94. The molecule has 0 amide bonds. The van der Waals surface area contributed by atoms with E-state index in [4.69, 9.17) is 0 Å². The van der Waals surface area contributed by atoms with Crippen molar-refractivity contribution in [1.82, 2.24) is 19.7 Å². The van der Waals surface area contributed by atoms with Crippen molar-refractivity contribution in [2.75, 3.05) is 11.9 Å². The van der Waals surface area contributed by atoms with Gasteiger partial charge in [0.05, 0.1) is 17.1 Å². The van der Waals surface area contributed by atoms with E-state index in [1.807, 2.05) is 42.2 Å². The van der Waals surface area contributed by atoms with Crippen molar-refractivity contribution in [3.8, 4) is 0 Å². The van der Waals surface area contributed by atoms with E-state index < -0.39 is 0 Å². The molecule has 0 bridgehead atoms. The van der Waals surface area contributed by atoms with Gasteiger partial charge in [0.15, 0.2) is 0 Å². The largest absolute Gasteiger partial charge is 0.356 e. The second-order valence-corrected chi connectivity index (χ2v) is 4.99. The van der Waals surface area contributed by atoms with Crippen LogP contribution < -0.4 is 10.9 Å². The molecule has 3 rings (SSSR count). The van der Waals surface area contributed by atoms with E-state index in [1.165, 1.54) is 0 Å². The van der Waals surface area contributed by atoms with Crippen molar-refractivity contribution in [1.29, 1.82) is 0 Å². The maximum atomic E-state index is 11.9. The number of H-pyrrole nitrogens is 1. The molecule has 0 atom stereocenters. The standard InChI is InChI=1S/C15H17N5O/c1-11-9-17-20(10-11)8-4-7-16-15-18-13-6-3-2-5-12(13)14(21)19-15/h2-3,5-6,9-10H,4,7-8H2,1H3,(H2,16,18,19,21). The first-order valence-electron chi connectivity index (χ1n) is 6.94. The zero-order chi connectivity index (χ0) is 14.7. The van der Waals surface area contributed by atoms with Crippen LogP contribution >= 0.6 is 0 Å². The van der Waals surface area contributed by atoms with Gasteiger partial charge in [0, 0.05) is 19.3 Å². The van der Waals surface area contributed by atoms with E-state index in [1.54, 1.807) is 6.07 Å². The van der Waals surface area contributed by atoms with Gasteiger partial charge in [0.25, 0.3) is 5.56 Å². The van der Waals surface area contributed by atoms with Crippen LogP contribution in [0.5, 0.6) is 0 Å². The molecular weight excluding hydrogens is 266 g/mol. The Balaban J connectivity index is 1.61. The van der Waals surface area contributed by atoms with Crippen molar-refractivity contribution in [2.45, 2.75) is 19.9 Å². The normalized spacial score (nSPS) is 10.9. The Labute approximate surface area is 121 Å². The number of hydrogen-bond donors (Lipinski definition) is 2. The highest BCUT2D eigenvalue weighted by molar-refractivity contribution is 5.78. The summed E-state index contributed by atoms with van der Waals surface area (Å²) in [6.45, 7) is 3.57. The van der Waals surface area contributed by atoms with E-state index in [-0.39, 0.29) is 5.56 Å². The van der Waals surface area contributed by atoms with Crippen molar-refractivity contribution >= 4 is 16.9 Å². The summed E-state index contributed by atoms with van der Waals surface area (Å²) in [5, 5.41) is 7.98. The molecule has 0 unspecified atom stereocenters. The fraction of sp³-hybridized carbons (Fsp3) is 0.267. The number of hydrogen-bond acceptors (Lipinski definition) is 4. The van der Waals surface area contributed by atoms with Crippen LogP contribution in [0.1, 0.15) is 12.0 Å². The molecule has 1 aromatic carbocycles. The van der Waals surface area contributed by atoms with E-state index >= 15 is 0 Å². The van der Waals surface area contributed by atoms with Crippen LogP contribution in [0.4, 0.5) is 5.95 Å². The minimum Gasteiger partial charge on any atom is -0.356 e. The number of anilines is 1. The van der Waals surface area contributed by atoms with E-state index in [0.29, 0.717) is 16.9 Å². The molecule has 2 heterocycles. The molecule has 0 fully saturated rings. The zero-order valence-corrected chi connectivity index (χ0v) is 11.8. The molecule has 0 radical (unpaired) electrons. The van der Waals surface area contributed by atoms with E-state index in [2.05, 4.69) is 20.4 Å². The van der Waals surface area contributed by atoms with Crippen LogP contribution in [0.2, 0.25) is 0 Å². The number of nitrogens with zero attached hydrogens (tertiary/aromatic N) is 3. The first-order chi connectivity index (χ1) is 10.2. The molecule has 6 heteroatoms. The maximum absolute atomic E-state index is 11.9. The van der Waals surface area contributed by atoms with Crippen molar-refractivity contribution < 1.29 is 0 Å². The average molecular weight is 283 g/mol. The number of aromatic nitrogens is 4. The molecule has 0 saturated heterocycles. The predicted molar refractivity (Wildman–Crippen MR) is 82.4 cm³/mol. The molecule has 2 N–H and O–H groups in total. The van der Waals surface area contributed by atoms with Gasteiger partial charge in [-0.2, -0.15) is 5.10 Å². The van der Waals surface area contributed by atoms with Gasteiger partial charge in [0.2, 0.25) is 5.95 Å². The fourth-order valence-electron chi connectivity index (χ4n) is 2.21. The van der Waals surface area contributed by atoms with Gasteiger partial charge in [0.1, 0.15) is 0 Å². The Morgan fingerprint density at radius 2 is 2.19 bits per heavy atom. The molecule has 21 heavy (non-hydrogen) atoms. The Bertz CT molecular complexity index is 805. The van der Waals surface area contributed by atoms with Gasteiger partial charge in [-0.3, -0.25) is 14.5 Å². The second kappa shape index (κ2) is 5.78.